The molecule has 0 fully saturated rings. The Morgan fingerprint density at radius 3 is 2.94 bits per heavy atom. The number of carbonyl (C=O) groups excluding carboxylic acids is 1. The number of para-hydroxylation sites is 1. The number of hydrogen-bond acceptors (Lipinski definition) is 3. The zero-order valence-electron chi connectivity index (χ0n) is 9.37. The summed E-state index contributed by atoms with van der Waals surface area (Å²) in [5, 5.41) is 1.50. The monoisotopic (exact) mass is 252 g/mol. The van der Waals surface area contributed by atoms with Crippen molar-refractivity contribution in [3.63, 3.8) is 0 Å². The highest BCUT2D eigenvalue weighted by Crippen LogP contribution is 2.26. The van der Waals surface area contributed by atoms with Crippen molar-refractivity contribution in [1.29, 1.82) is 0 Å². The average Bonchev–Trinajstić information content (AvgIpc) is 2.65. The van der Waals surface area contributed by atoms with Crippen LogP contribution in [0.2, 0.25) is 5.15 Å². The number of aromatic amines is 1. The first kappa shape index (κ1) is 12.0. The number of carbonyl (C=O) groups is 1. The van der Waals surface area contributed by atoms with Crippen molar-refractivity contribution in [2.45, 2.75) is 12.5 Å². The van der Waals surface area contributed by atoms with Gasteiger partial charge in [0.2, 0.25) is 0 Å². The molecule has 2 aromatic rings. The van der Waals surface area contributed by atoms with Crippen molar-refractivity contribution in [2.24, 2.45) is 5.73 Å². The van der Waals surface area contributed by atoms with Gasteiger partial charge in [-0.1, -0.05) is 29.8 Å². The normalized spacial score (nSPS) is 12.6. The number of halogens is 1. The summed E-state index contributed by atoms with van der Waals surface area (Å²) in [5.41, 5.74) is 7.51. The number of nitrogens with one attached hydrogen (secondary N) is 1. The van der Waals surface area contributed by atoms with Crippen molar-refractivity contribution in [3.05, 3.63) is 35.0 Å². The van der Waals surface area contributed by atoms with Crippen LogP contribution in [0.4, 0.5) is 0 Å². The van der Waals surface area contributed by atoms with Crippen LogP contribution in [0.5, 0.6) is 0 Å². The summed E-state index contributed by atoms with van der Waals surface area (Å²) in [4.78, 5) is 14.3. The third kappa shape index (κ3) is 2.28. The minimum absolute atomic E-state index is 0.357. The second kappa shape index (κ2) is 4.77. The summed E-state index contributed by atoms with van der Waals surface area (Å²) in [7, 11) is 1.32. The molecule has 90 valence electrons. The number of fused-ring (bicyclic) bond motifs is 1. The molecule has 3 N–H and O–H groups in total. The minimum Gasteiger partial charge on any atom is -0.468 e. The van der Waals surface area contributed by atoms with E-state index in [0.717, 1.165) is 16.5 Å². The van der Waals surface area contributed by atoms with Gasteiger partial charge in [0.15, 0.2) is 0 Å². The minimum atomic E-state index is -0.697. The van der Waals surface area contributed by atoms with Crippen LogP contribution < -0.4 is 5.73 Å². The Kier molecular flexibility index (Phi) is 3.36. The van der Waals surface area contributed by atoms with Crippen molar-refractivity contribution in [1.82, 2.24) is 4.98 Å². The SMILES string of the molecule is COC(=O)C(N)Cc1c(Cl)[nH]c2ccccc12. The van der Waals surface area contributed by atoms with Crippen LogP contribution in [-0.2, 0) is 16.0 Å². The van der Waals surface area contributed by atoms with Crippen molar-refractivity contribution >= 4 is 28.5 Å². The number of aromatic nitrogens is 1. The lowest BCUT2D eigenvalue weighted by atomic mass is 10.1. The van der Waals surface area contributed by atoms with Gasteiger partial charge in [-0.2, -0.15) is 0 Å². The van der Waals surface area contributed by atoms with Gasteiger partial charge in [0, 0.05) is 17.3 Å². The van der Waals surface area contributed by atoms with Crippen LogP contribution in [0.3, 0.4) is 0 Å². The quantitative estimate of drug-likeness (QED) is 0.820. The summed E-state index contributed by atoms with van der Waals surface area (Å²) < 4.78 is 4.60. The maximum Gasteiger partial charge on any atom is 0.322 e. The van der Waals surface area contributed by atoms with Crippen molar-refractivity contribution < 1.29 is 9.53 Å². The number of H-pyrrole nitrogens is 1. The van der Waals surface area contributed by atoms with E-state index in [1.807, 2.05) is 24.3 Å². The zero-order valence-corrected chi connectivity index (χ0v) is 10.1. The molecular formula is C12H13ClN2O2. The molecule has 0 saturated carbocycles. The molecule has 0 aliphatic heterocycles. The molecule has 1 aromatic carbocycles. The summed E-state index contributed by atoms with van der Waals surface area (Å²) in [6.07, 6.45) is 0.357. The number of hydrogen-bond donors (Lipinski definition) is 2. The average molecular weight is 253 g/mol. The van der Waals surface area contributed by atoms with Gasteiger partial charge >= 0.3 is 5.97 Å². The Balaban J connectivity index is 2.35. The number of rotatable bonds is 3. The first-order chi connectivity index (χ1) is 8.13. The summed E-state index contributed by atoms with van der Waals surface area (Å²) >= 11 is 6.10. The van der Waals surface area contributed by atoms with Gasteiger partial charge in [-0.25, -0.2) is 0 Å². The van der Waals surface area contributed by atoms with Crippen molar-refractivity contribution in [2.75, 3.05) is 7.11 Å². The van der Waals surface area contributed by atoms with E-state index in [1.165, 1.54) is 7.11 Å². The number of ether oxygens (including phenoxy) is 1. The Labute approximate surface area is 104 Å². The highest BCUT2D eigenvalue weighted by atomic mass is 35.5. The fourth-order valence-corrected chi connectivity index (χ4v) is 2.10. The third-order valence-corrected chi connectivity index (χ3v) is 3.01. The number of benzene rings is 1. The van der Waals surface area contributed by atoms with E-state index in [9.17, 15) is 4.79 Å². The Morgan fingerprint density at radius 1 is 1.53 bits per heavy atom. The lowest BCUT2D eigenvalue weighted by molar-refractivity contribution is -0.142. The molecule has 5 heteroatoms. The first-order valence-corrected chi connectivity index (χ1v) is 5.59. The number of nitrogens with two attached hydrogens (primary N) is 1. The standard InChI is InChI=1S/C12H13ClN2O2/c1-17-12(16)9(14)6-8-7-4-2-3-5-10(7)15-11(8)13/h2-5,9,15H,6,14H2,1H3. The molecule has 17 heavy (non-hydrogen) atoms. The molecule has 4 nitrogen and oxygen atoms in total. The molecular weight excluding hydrogens is 240 g/mol. The number of methoxy groups -OCH3 is 1. The van der Waals surface area contributed by atoms with E-state index < -0.39 is 12.0 Å². The predicted octanol–water partition coefficient (Wildman–Crippen LogP) is 1.86. The van der Waals surface area contributed by atoms with E-state index in [0.29, 0.717) is 11.6 Å². The second-order valence-corrected chi connectivity index (χ2v) is 4.17. The fraction of sp³-hybridized carbons (Fsp3) is 0.250. The molecule has 0 saturated heterocycles. The highest BCUT2D eigenvalue weighted by molar-refractivity contribution is 6.31. The smallest absolute Gasteiger partial charge is 0.322 e. The van der Waals surface area contributed by atoms with Crippen LogP contribution in [0.25, 0.3) is 10.9 Å². The van der Waals surface area contributed by atoms with Gasteiger partial charge in [0.05, 0.1) is 7.11 Å². The Morgan fingerprint density at radius 2 is 2.24 bits per heavy atom. The highest BCUT2D eigenvalue weighted by Gasteiger charge is 2.18. The van der Waals surface area contributed by atoms with Gasteiger partial charge in [-0.15, -0.1) is 0 Å². The summed E-state index contributed by atoms with van der Waals surface area (Å²) in [6.45, 7) is 0. The number of esters is 1. The van der Waals surface area contributed by atoms with Crippen LogP contribution in [0, 0.1) is 0 Å². The van der Waals surface area contributed by atoms with Gasteiger partial charge in [-0.3, -0.25) is 4.79 Å². The molecule has 1 heterocycles. The predicted molar refractivity (Wildman–Crippen MR) is 67.0 cm³/mol. The van der Waals surface area contributed by atoms with Crippen LogP contribution in [-0.4, -0.2) is 24.1 Å². The molecule has 1 aromatic heterocycles. The van der Waals surface area contributed by atoms with Crippen LogP contribution in [0.1, 0.15) is 5.56 Å². The van der Waals surface area contributed by atoms with E-state index >= 15 is 0 Å². The fourth-order valence-electron chi connectivity index (χ4n) is 1.82. The molecule has 0 spiro atoms. The van der Waals surface area contributed by atoms with Gasteiger partial charge in [0.1, 0.15) is 11.2 Å². The molecule has 1 unspecified atom stereocenters. The van der Waals surface area contributed by atoms with Gasteiger partial charge < -0.3 is 15.5 Å². The van der Waals surface area contributed by atoms with Gasteiger partial charge in [0.25, 0.3) is 0 Å². The van der Waals surface area contributed by atoms with Gasteiger partial charge in [-0.05, 0) is 11.6 Å². The van der Waals surface area contributed by atoms with E-state index in [4.69, 9.17) is 17.3 Å². The zero-order chi connectivity index (χ0) is 12.4. The lowest BCUT2D eigenvalue weighted by Gasteiger charge is -2.08. The molecule has 0 amide bonds. The van der Waals surface area contributed by atoms with E-state index in [-0.39, 0.29) is 0 Å². The van der Waals surface area contributed by atoms with Crippen molar-refractivity contribution in [3.8, 4) is 0 Å². The largest absolute Gasteiger partial charge is 0.468 e. The topological polar surface area (TPSA) is 68.1 Å². The van der Waals surface area contributed by atoms with Crippen LogP contribution in [0.15, 0.2) is 24.3 Å². The molecule has 0 radical (unpaired) electrons. The van der Waals surface area contributed by atoms with E-state index in [2.05, 4.69) is 9.72 Å². The Hall–Kier alpha value is -1.52. The Bertz CT molecular complexity index is 550. The van der Waals surface area contributed by atoms with Crippen LogP contribution >= 0.6 is 11.6 Å². The maximum atomic E-state index is 11.3. The van der Waals surface area contributed by atoms with E-state index in [1.54, 1.807) is 0 Å². The lowest BCUT2D eigenvalue weighted by Crippen LogP contribution is -2.33. The third-order valence-electron chi connectivity index (χ3n) is 2.69. The molecule has 0 aliphatic rings. The first-order valence-electron chi connectivity index (χ1n) is 5.22. The maximum absolute atomic E-state index is 11.3. The molecule has 2 rings (SSSR count). The molecule has 1 atom stereocenters. The molecule has 0 aliphatic carbocycles. The summed E-state index contributed by atoms with van der Waals surface area (Å²) in [6, 6.07) is 7.00. The summed E-state index contributed by atoms with van der Waals surface area (Å²) in [5.74, 6) is -0.439. The molecule has 0 bridgehead atoms. The second-order valence-electron chi connectivity index (χ2n) is 3.80.